The van der Waals surface area contributed by atoms with Crippen LogP contribution in [-0.4, -0.2) is 6.61 Å². The molecule has 0 radical (unpaired) electrons. The van der Waals surface area contributed by atoms with Gasteiger partial charge in [0, 0.05) is 11.6 Å². The maximum absolute atomic E-state index is 6.14. The first-order chi connectivity index (χ1) is 15.7. The molecule has 0 saturated carbocycles. The summed E-state index contributed by atoms with van der Waals surface area (Å²) < 4.78 is 6.14. The number of ether oxygens (including phenoxy) is 1. The smallest absolute Gasteiger partial charge is 0.119 e. The summed E-state index contributed by atoms with van der Waals surface area (Å²) in [4.78, 5) is 0. The first kappa shape index (κ1) is 20.9. The Morgan fingerprint density at radius 2 is 1.78 bits per heavy atom. The number of benzene rings is 3. The Bertz CT molecular complexity index is 1070. The summed E-state index contributed by atoms with van der Waals surface area (Å²) in [6, 6.07) is 26.8. The van der Waals surface area contributed by atoms with E-state index in [9.17, 15) is 0 Å². The molecule has 0 saturated heterocycles. The normalized spacial score (nSPS) is 21.2. The van der Waals surface area contributed by atoms with E-state index in [-0.39, 0.29) is 0 Å². The van der Waals surface area contributed by atoms with Crippen LogP contribution in [0.5, 0.6) is 5.75 Å². The van der Waals surface area contributed by atoms with E-state index in [1.165, 1.54) is 27.9 Å². The second-order valence-corrected chi connectivity index (χ2v) is 9.48. The van der Waals surface area contributed by atoms with Gasteiger partial charge in [0.15, 0.2) is 0 Å². The summed E-state index contributed by atoms with van der Waals surface area (Å²) in [5.41, 5.74) is 6.78. The van der Waals surface area contributed by atoms with Crippen LogP contribution in [0.25, 0.3) is 0 Å². The Kier molecular flexibility index (Phi) is 6.03. The van der Waals surface area contributed by atoms with Gasteiger partial charge in [-0.25, -0.2) is 0 Å². The third kappa shape index (κ3) is 4.32. The molecule has 3 aromatic carbocycles. The average molecular weight is 424 g/mol. The summed E-state index contributed by atoms with van der Waals surface area (Å²) in [6.45, 7) is 5.25. The largest absolute Gasteiger partial charge is 0.494 e. The molecule has 1 aliphatic heterocycles. The van der Waals surface area contributed by atoms with Crippen LogP contribution in [0, 0.1) is 5.92 Å². The monoisotopic (exact) mass is 423 g/mol. The molecular formula is C30H33NO. The highest BCUT2D eigenvalue weighted by atomic mass is 16.5. The molecule has 1 N–H and O–H groups in total. The third-order valence-corrected chi connectivity index (χ3v) is 7.02. The lowest BCUT2D eigenvalue weighted by Crippen LogP contribution is -2.29. The van der Waals surface area contributed by atoms with Crippen molar-refractivity contribution in [1.29, 1.82) is 0 Å². The maximum Gasteiger partial charge on any atom is 0.119 e. The van der Waals surface area contributed by atoms with Gasteiger partial charge >= 0.3 is 0 Å². The van der Waals surface area contributed by atoms with E-state index in [0.29, 0.717) is 23.8 Å². The van der Waals surface area contributed by atoms with Crippen molar-refractivity contribution in [2.24, 2.45) is 5.92 Å². The van der Waals surface area contributed by atoms with Crippen LogP contribution in [0.3, 0.4) is 0 Å². The van der Waals surface area contributed by atoms with E-state index in [1.807, 2.05) is 0 Å². The van der Waals surface area contributed by atoms with Gasteiger partial charge in [0.25, 0.3) is 0 Å². The van der Waals surface area contributed by atoms with Crippen molar-refractivity contribution in [2.75, 3.05) is 11.9 Å². The van der Waals surface area contributed by atoms with E-state index in [1.54, 1.807) is 0 Å². The lowest BCUT2D eigenvalue weighted by Gasteiger charge is -2.37. The molecule has 3 atom stereocenters. The van der Waals surface area contributed by atoms with Crippen molar-refractivity contribution in [3.05, 3.63) is 107 Å². The highest BCUT2D eigenvalue weighted by Crippen LogP contribution is 2.50. The predicted octanol–water partition coefficient (Wildman–Crippen LogP) is 7.65. The molecule has 32 heavy (non-hydrogen) atoms. The molecule has 3 aromatic rings. The van der Waals surface area contributed by atoms with E-state index in [0.717, 1.165) is 31.6 Å². The summed E-state index contributed by atoms with van der Waals surface area (Å²) >= 11 is 0. The molecule has 0 spiro atoms. The zero-order valence-electron chi connectivity index (χ0n) is 19.1. The van der Waals surface area contributed by atoms with Gasteiger partial charge in [-0.3, -0.25) is 0 Å². The second kappa shape index (κ2) is 9.24. The van der Waals surface area contributed by atoms with Crippen LogP contribution in [0.4, 0.5) is 5.69 Å². The van der Waals surface area contributed by atoms with Gasteiger partial charge in [-0.05, 0) is 71.6 Å². The number of allylic oxidation sites excluding steroid dienone is 2. The van der Waals surface area contributed by atoms with Crippen molar-refractivity contribution in [2.45, 2.75) is 51.0 Å². The molecule has 0 bridgehead atoms. The number of anilines is 1. The van der Waals surface area contributed by atoms with E-state index >= 15 is 0 Å². The van der Waals surface area contributed by atoms with E-state index in [4.69, 9.17) is 4.74 Å². The van der Waals surface area contributed by atoms with Crippen LogP contribution in [-0.2, 0) is 6.42 Å². The number of rotatable bonds is 7. The van der Waals surface area contributed by atoms with Gasteiger partial charge < -0.3 is 10.1 Å². The SMILES string of the molecule is CC(C)c1ccc(C2Nc3ccc(OCCCc4ccccc4)cc3C3C=CCC32)cc1. The van der Waals surface area contributed by atoms with Crippen LogP contribution in [0.1, 0.15) is 66.8 Å². The molecular weight excluding hydrogens is 390 g/mol. The summed E-state index contributed by atoms with van der Waals surface area (Å²) in [7, 11) is 0. The minimum absolute atomic E-state index is 0.348. The number of fused-ring (bicyclic) bond motifs is 3. The van der Waals surface area contributed by atoms with Crippen molar-refractivity contribution >= 4 is 5.69 Å². The number of hydrogen-bond donors (Lipinski definition) is 1. The summed E-state index contributed by atoms with van der Waals surface area (Å²) in [6.07, 6.45) is 7.96. The topological polar surface area (TPSA) is 21.3 Å². The molecule has 1 heterocycles. The number of nitrogens with one attached hydrogen (secondary N) is 1. The Balaban J connectivity index is 1.28. The molecule has 5 rings (SSSR count). The molecule has 3 unspecified atom stereocenters. The van der Waals surface area contributed by atoms with E-state index in [2.05, 4.69) is 104 Å². The maximum atomic E-state index is 6.14. The zero-order valence-corrected chi connectivity index (χ0v) is 19.1. The Labute approximate surface area is 192 Å². The van der Waals surface area contributed by atoms with Crippen molar-refractivity contribution in [3.63, 3.8) is 0 Å². The van der Waals surface area contributed by atoms with Gasteiger partial charge in [-0.15, -0.1) is 0 Å². The fraction of sp³-hybridized carbons (Fsp3) is 0.333. The zero-order chi connectivity index (χ0) is 21.9. The lowest BCUT2D eigenvalue weighted by atomic mass is 9.77. The molecule has 0 aromatic heterocycles. The van der Waals surface area contributed by atoms with Crippen molar-refractivity contribution < 1.29 is 4.74 Å². The molecule has 2 nitrogen and oxygen atoms in total. The van der Waals surface area contributed by atoms with Crippen LogP contribution < -0.4 is 10.1 Å². The van der Waals surface area contributed by atoms with Crippen molar-refractivity contribution in [1.82, 2.24) is 0 Å². The third-order valence-electron chi connectivity index (χ3n) is 7.02. The highest BCUT2D eigenvalue weighted by Gasteiger charge is 2.38. The minimum atomic E-state index is 0.348. The quantitative estimate of drug-likeness (QED) is 0.311. The molecule has 2 heteroatoms. The Morgan fingerprint density at radius 3 is 2.56 bits per heavy atom. The summed E-state index contributed by atoms with van der Waals surface area (Å²) in [5.74, 6) is 2.56. The van der Waals surface area contributed by atoms with Gasteiger partial charge in [0.1, 0.15) is 5.75 Å². The average Bonchev–Trinajstić information content (AvgIpc) is 3.32. The first-order valence-electron chi connectivity index (χ1n) is 12.0. The van der Waals surface area contributed by atoms with Gasteiger partial charge in [0.05, 0.1) is 12.6 Å². The van der Waals surface area contributed by atoms with Crippen LogP contribution in [0.2, 0.25) is 0 Å². The standard InChI is InChI=1S/C30H33NO/c1-21(2)23-13-15-24(16-14-23)30-27-12-6-11-26(27)28-20-25(17-18-29(28)31-30)32-19-7-10-22-8-4-3-5-9-22/h3-6,8-9,11,13-18,20-21,26-27,30-31H,7,10,12,19H2,1-2H3. The highest BCUT2D eigenvalue weighted by molar-refractivity contribution is 5.61. The molecule has 1 aliphatic carbocycles. The molecule has 164 valence electrons. The fourth-order valence-electron chi connectivity index (χ4n) is 5.19. The number of hydrogen-bond acceptors (Lipinski definition) is 2. The van der Waals surface area contributed by atoms with Gasteiger partial charge in [0.2, 0.25) is 0 Å². The van der Waals surface area contributed by atoms with E-state index < -0.39 is 0 Å². The number of aryl methyl sites for hydroxylation is 1. The second-order valence-electron chi connectivity index (χ2n) is 9.48. The van der Waals surface area contributed by atoms with Gasteiger partial charge in [-0.1, -0.05) is 80.6 Å². The lowest BCUT2D eigenvalue weighted by molar-refractivity contribution is 0.310. The predicted molar refractivity (Wildman–Crippen MR) is 134 cm³/mol. The summed E-state index contributed by atoms with van der Waals surface area (Å²) in [5, 5.41) is 3.85. The van der Waals surface area contributed by atoms with Gasteiger partial charge in [-0.2, -0.15) is 0 Å². The Morgan fingerprint density at radius 1 is 0.969 bits per heavy atom. The molecule has 0 amide bonds. The minimum Gasteiger partial charge on any atom is -0.494 e. The molecule has 0 fully saturated rings. The van der Waals surface area contributed by atoms with Crippen LogP contribution >= 0.6 is 0 Å². The molecule has 2 aliphatic rings. The Hall–Kier alpha value is -3.00. The first-order valence-corrected chi connectivity index (χ1v) is 12.0. The fourth-order valence-corrected chi connectivity index (χ4v) is 5.19. The van der Waals surface area contributed by atoms with Crippen molar-refractivity contribution in [3.8, 4) is 5.75 Å². The van der Waals surface area contributed by atoms with Crippen LogP contribution in [0.15, 0.2) is 84.9 Å².